The molecule has 0 heterocycles. The highest BCUT2D eigenvalue weighted by Crippen LogP contribution is 2.08. The fourth-order valence-corrected chi connectivity index (χ4v) is 2.21. The topological polar surface area (TPSA) is 32.3 Å². The first-order valence-corrected chi connectivity index (χ1v) is 7.40. The molecule has 110 valence electrons. The van der Waals surface area contributed by atoms with Crippen molar-refractivity contribution in [3.8, 4) is 0 Å². The number of amides is 1. The van der Waals surface area contributed by atoms with Crippen LogP contribution >= 0.6 is 0 Å². The number of rotatable bonds is 7. The van der Waals surface area contributed by atoms with Gasteiger partial charge in [-0.1, -0.05) is 55.5 Å². The predicted octanol–water partition coefficient (Wildman–Crippen LogP) is 3.54. The molecule has 0 spiro atoms. The Bertz CT molecular complexity index is 540. The summed E-state index contributed by atoms with van der Waals surface area (Å²) < 4.78 is 0. The van der Waals surface area contributed by atoms with Gasteiger partial charge in [0.2, 0.25) is 5.91 Å². The third-order valence-electron chi connectivity index (χ3n) is 3.28. The molecule has 0 aromatic heterocycles. The smallest absolute Gasteiger partial charge is 0.242 e. The van der Waals surface area contributed by atoms with Crippen LogP contribution in [0.25, 0.3) is 0 Å². The molecule has 3 heteroatoms. The zero-order chi connectivity index (χ0) is 14.9. The number of benzene rings is 2. The van der Waals surface area contributed by atoms with Crippen LogP contribution in [0.5, 0.6) is 0 Å². The van der Waals surface area contributed by atoms with Crippen LogP contribution in [0.2, 0.25) is 0 Å². The lowest BCUT2D eigenvalue weighted by Gasteiger charge is -2.22. The molecular formula is C18H22N2O. The van der Waals surface area contributed by atoms with Crippen LogP contribution in [0.15, 0.2) is 60.7 Å². The fourth-order valence-electron chi connectivity index (χ4n) is 2.21. The summed E-state index contributed by atoms with van der Waals surface area (Å²) in [5.74, 6) is 0.129. The molecule has 1 N–H and O–H groups in total. The van der Waals surface area contributed by atoms with Gasteiger partial charge in [0, 0.05) is 18.8 Å². The van der Waals surface area contributed by atoms with Gasteiger partial charge in [0.25, 0.3) is 0 Å². The van der Waals surface area contributed by atoms with Gasteiger partial charge in [-0.05, 0) is 24.1 Å². The molecule has 3 nitrogen and oxygen atoms in total. The van der Waals surface area contributed by atoms with E-state index in [0.717, 1.165) is 18.7 Å². The molecule has 0 atom stereocenters. The normalized spacial score (nSPS) is 10.1. The molecule has 2 aromatic rings. The summed E-state index contributed by atoms with van der Waals surface area (Å²) in [6.45, 7) is 3.88. The Hall–Kier alpha value is -2.29. The van der Waals surface area contributed by atoms with Crippen molar-refractivity contribution < 1.29 is 4.79 Å². The van der Waals surface area contributed by atoms with Crippen LogP contribution < -0.4 is 5.32 Å². The minimum absolute atomic E-state index is 0.129. The Labute approximate surface area is 126 Å². The minimum atomic E-state index is 0.129. The first-order valence-electron chi connectivity index (χ1n) is 7.40. The Balaban J connectivity index is 1.92. The summed E-state index contributed by atoms with van der Waals surface area (Å²) in [5.41, 5.74) is 2.14. The SMILES string of the molecule is CCCN(Cc1ccccc1)C(=O)CNc1ccccc1. The van der Waals surface area contributed by atoms with E-state index in [2.05, 4.69) is 24.4 Å². The second-order valence-corrected chi connectivity index (χ2v) is 5.02. The average molecular weight is 282 g/mol. The second-order valence-electron chi connectivity index (χ2n) is 5.02. The van der Waals surface area contributed by atoms with Crippen LogP contribution in [-0.2, 0) is 11.3 Å². The van der Waals surface area contributed by atoms with Crippen molar-refractivity contribution in [3.05, 3.63) is 66.2 Å². The molecular weight excluding hydrogens is 260 g/mol. The molecule has 2 aromatic carbocycles. The third kappa shape index (κ3) is 4.95. The van der Waals surface area contributed by atoms with Gasteiger partial charge in [-0.2, -0.15) is 0 Å². The molecule has 0 unspecified atom stereocenters. The van der Waals surface area contributed by atoms with E-state index in [9.17, 15) is 4.79 Å². The number of carbonyl (C=O) groups is 1. The average Bonchev–Trinajstić information content (AvgIpc) is 2.54. The maximum atomic E-state index is 12.4. The standard InChI is InChI=1S/C18H22N2O/c1-2-13-20(15-16-9-5-3-6-10-16)18(21)14-19-17-11-7-4-8-12-17/h3-12,19H,2,13-15H2,1H3. The zero-order valence-corrected chi connectivity index (χ0v) is 12.5. The lowest BCUT2D eigenvalue weighted by atomic mass is 10.2. The van der Waals surface area contributed by atoms with Crippen molar-refractivity contribution >= 4 is 11.6 Å². The van der Waals surface area contributed by atoms with Gasteiger partial charge in [-0.25, -0.2) is 0 Å². The first-order chi connectivity index (χ1) is 10.3. The maximum absolute atomic E-state index is 12.4. The summed E-state index contributed by atoms with van der Waals surface area (Å²) >= 11 is 0. The first kappa shape index (κ1) is 15.1. The van der Waals surface area contributed by atoms with Gasteiger partial charge in [0.05, 0.1) is 6.54 Å². The Morgan fingerprint density at radius 3 is 2.24 bits per heavy atom. The highest BCUT2D eigenvalue weighted by atomic mass is 16.2. The van der Waals surface area contributed by atoms with E-state index in [4.69, 9.17) is 0 Å². The molecule has 1 amide bonds. The van der Waals surface area contributed by atoms with Crippen LogP contribution in [0.1, 0.15) is 18.9 Å². The Morgan fingerprint density at radius 2 is 1.62 bits per heavy atom. The van der Waals surface area contributed by atoms with Crippen molar-refractivity contribution in [2.75, 3.05) is 18.4 Å². The zero-order valence-electron chi connectivity index (χ0n) is 12.5. The monoisotopic (exact) mass is 282 g/mol. The van der Waals surface area contributed by atoms with Gasteiger partial charge < -0.3 is 10.2 Å². The summed E-state index contributed by atoms with van der Waals surface area (Å²) in [7, 11) is 0. The van der Waals surface area contributed by atoms with E-state index in [1.54, 1.807) is 0 Å². The van der Waals surface area contributed by atoms with E-state index in [0.29, 0.717) is 13.1 Å². The fraction of sp³-hybridized carbons (Fsp3) is 0.278. The summed E-state index contributed by atoms with van der Waals surface area (Å²) in [4.78, 5) is 14.3. The van der Waals surface area contributed by atoms with E-state index in [1.807, 2.05) is 53.4 Å². The van der Waals surface area contributed by atoms with E-state index in [-0.39, 0.29) is 5.91 Å². The van der Waals surface area contributed by atoms with E-state index in [1.165, 1.54) is 5.56 Å². The van der Waals surface area contributed by atoms with Crippen molar-refractivity contribution in [2.45, 2.75) is 19.9 Å². The molecule has 0 bridgehead atoms. The van der Waals surface area contributed by atoms with Gasteiger partial charge in [-0.3, -0.25) is 4.79 Å². The predicted molar refractivity (Wildman–Crippen MR) is 87.1 cm³/mol. The molecule has 0 radical (unpaired) electrons. The van der Waals surface area contributed by atoms with Crippen LogP contribution in [0.3, 0.4) is 0 Å². The molecule has 21 heavy (non-hydrogen) atoms. The van der Waals surface area contributed by atoms with Gasteiger partial charge >= 0.3 is 0 Å². The Kier molecular flexibility index (Phi) is 5.83. The molecule has 0 aliphatic carbocycles. The minimum Gasteiger partial charge on any atom is -0.376 e. The number of hydrogen-bond donors (Lipinski definition) is 1. The van der Waals surface area contributed by atoms with Crippen molar-refractivity contribution in [2.24, 2.45) is 0 Å². The lowest BCUT2D eigenvalue weighted by molar-refractivity contribution is -0.129. The largest absolute Gasteiger partial charge is 0.376 e. The summed E-state index contributed by atoms with van der Waals surface area (Å²) in [6.07, 6.45) is 0.962. The van der Waals surface area contributed by atoms with Gasteiger partial charge in [0.15, 0.2) is 0 Å². The van der Waals surface area contributed by atoms with Crippen LogP contribution in [0.4, 0.5) is 5.69 Å². The van der Waals surface area contributed by atoms with Crippen molar-refractivity contribution in [1.29, 1.82) is 0 Å². The molecule has 0 saturated heterocycles. The number of nitrogens with zero attached hydrogens (tertiary/aromatic N) is 1. The van der Waals surface area contributed by atoms with Crippen molar-refractivity contribution in [3.63, 3.8) is 0 Å². The van der Waals surface area contributed by atoms with E-state index >= 15 is 0 Å². The van der Waals surface area contributed by atoms with E-state index < -0.39 is 0 Å². The van der Waals surface area contributed by atoms with Crippen LogP contribution in [0, 0.1) is 0 Å². The maximum Gasteiger partial charge on any atom is 0.242 e. The summed E-state index contributed by atoms with van der Waals surface area (Å²) in [6, 6.07) is 19.9. The number of para-hydroxylation sites is 1. The second kappa shape index (κ2) is 8.10. The number of hydrogen-bond acceptors (Lipinski definition) is 2. The number of anilines is 1. The molecule has 2 rings (SSSR count). The molecule has 0 fully saturated rings. The molecule has 0 saturated carbocycles. The highest BCUT2D eigenvalue weighted by Gasteiger charge is 2.12. The van der Waals surface area contributed by atoms with Gasteiger partial charge in [-0.15, -0.1) is 0 Å². The highest BCUT2D eigenvalue weighted by molar-refractivity contribution is 5.80. The summed E-state index contributed by atoms with van der Waals surface area (Å²) in [5, 5.41) is 3.18. The quantitative estimate of drug-likeness (QED) is 0.842. The number of carbonyl (C=O) groups excluding carboxylic acids is 1. The number of nitrogens with one attached hydrogen (secondary N) is 1. The van der Waals surface area contributed by atoms with Crippen molar-refractivity contribution in [1.82, 2.24) is 4.90 Å². The lowest BCUT2D eigenvalue weighted by Crippen LogP contribution is -2.35. The van der Waals surface area contributed by atoms with Gasteiger partial charge in [0.1, 0.15) is 0 Å². The molecule has 0 aliphatic heterocycles. The van der Waals surface area contributed by atoms with Crippen LogP contribution in [-0.4, -0.2) is 23.9 Å². The molecule has 0 aliphatic rings. The third-order valence-corrected chi connectivity index (χ3v) is 3.28. The Morgan fingerprint density at radius 1 is 1.00 bits per heavy atom.